The Hall–Kier alpha value is -0.470. The molecule has 0 saturated carbocycles. The average molecular weight is 450 g/mol. The maximum atomic E-state index is 11.5. The molecular formula is C12H13BrCl3N3O2S. The van der Waals surface area contributed by atoms with Gasteiger partial charge in [-0.15, -0.1) is 0 Å². The summed E-state index contributed by atoms with van der Waals surface area (Å²) in [5, 5.41) is 8.18. The largest absolute Gasteiger partial charge is 0.450 e. The Morgan fingerprint density at radius 3 is 2.41 bits per heavy atom. The lowest BCUT2D eigenvalue weighted by molar-refractivity contribution is 0.147. The van der Waals surface area contributed by atoms with Gasteiger partial charge in [-0.3, -0.25) is 5.32 Å². The first-order valence-electron chi connectivity index (χ1n) is 6.05. The van der Waals surface area contributed by atoms with Crippen LogP contribution in [-0.4, -0.2) is 27.8 Å². The predicted octanol–water partition coefficient (Wildman–Crippen LogP) is 4.18. The number of alkyl halides is 3. The second kappa shape index (κ2) is 8.98. The maximum absolute atomic E-state index is 11.5. The van der Waals surface area contributed by atoms with Crippen LogP contribution >= 0.6 is 63.0 Å². The monoisotopic (exact) mass is 447 g/mol. The highest BCUT2D eigenvalue weighted by Crippen LogP contribution is 2.29. The Labute approximate surface area is 157 Å². The van der Waals surface area contributed by atoms with E-state index in [4.69, 9.17) is 51.8 Å². The molecule has 122 valence electrons. The van der Waals surface area contributed by atoms with Crippen LogP contribution in [0.5, 0.6) is 0 Å². The standard InChI is InChI=1S/C12H13BrCl3N3O2S/c1-2-21-11(20)19-9(12(14,15)16)18-10(22)17-8-5-3-7(13)4-6-8/h3-6,9H,2H2,1H3,(H,19,20)(H2,17,18,22)/t9-/m1/s1. The molecule has 1 atom stereocenters. The smallest absolute Gasteiger partial charge is 0.408 e. The van der Waals surface area contributed by atoms with E-state index in [0.717, 1.165) is 10.2 Å². The summed E-state index contributed by atoms with van der Waals surface area (Å²) < 4.78 is 3.86. The van der Waals surface area contributed by atoms with E-state index in [1.165, 1.54) is 0 Å². The van der Waals surface area contributed by atoms with E-state index in [0.29, 0.717) is 0 Å². The van der Waals surface area contributed by atoms with Gasteiger partial charge in [-0.1, -0.05) is 50.7 Å². The quantitative estimate of drug-likeness (QED) is 0.366. The van der Waals surface area contributed by atoms with Gasteiger partial charge in [-0.2, -0.15) is 0 Å². The van der Waals surface area contributed by atoms with E-state index in [2.05, 4.69) is 31.9 Å². The summed E-state index contributed by atoms with van der Waals surface area (Å²) in [6, 6.07) is 7.30. The summed E-state index contributed by atoms with van der Waals surface area (Å²) in [4.78, 5) is 11.5. The van der Waals surface area contributed by atoms with Crippen LogP contribution in [-0.2, 0) is 4.74 Å². The molecule has 1 aromatic carbocycles. The minimum atomic E-state index is -1.82. The van der Waals surface area contributed by atoms with Crippen LogP contribution in [0.25, 0.3) is 0 Å². The van der Waals surface area contributed by atoms with Crippen molar-refractivity contribution in [3.63, 3.8) is 0 Å². The number of halogens is 4. The van der Waals surface area contributed by atoms with E-state index in [1.807, 2.05) is 12.1 Å². The molecule has 0 spiro atoms. The molecule has 0 heterocycles. The van der Waals surface area contributed by atoms with Crippen LogP contribution in [0.2, 0.25) is 0 Å². The lowest BCUT2D eigenvalue weighted by Gasteiger charge is -2.27. The summed E-state index contributed by atoms with van der Waals surface area (Å²) in [7, 11) is 0. The molecule has 0 aliphatic heterocycles. The number of hydrogen-bond donors (Lipinski definition) is 3. The van der Waals surface area contributed by atoms with Crippen molar-refractivity contribution in [3.05, 3.63) is 28.7 Å². The van der Waals surface area contributed by atoms with E-state index in [9.17, 15) is 4.79 Å². The Morgan fingerprint density at radius 2 is 1.91 bits per heavy atom. The van der Waals surface area contributed by atoms with Gasteiger partial charge in [0.05, 0.1) is 6.61 Å². The van der Waals surface area contributed by atoms with Crippen molar-refractivity contribution in [1.29, 1.82) is 0 Å². The maximum Gasteiger partial charge on any atom is 0.408 e. The first-order valence-corrected chi connectivity index (χ1v) is 8.39. The summed E-state index contributed by atoms with van der Waals surface area (Å²) in [5.74, 6) is 0. The van der Waals surface area contributed by atoms with Crippen LogP contribution < -0.4 is 16.0 Å². The minimum absolute atomic E-state index is 0.176. The number of rotatable bonds is 4. The summed E-state index contributed by atoms with van der Waals surface area (Å²) in [5.41, 5.74) is 0.736. The molecule has 22 heavy (non-hydrogen) atoms. The Morgan fingerprint density at radius 1 is 1.32 bits per heavy atom. The molecule has 0 radical (unpaired) electrons. The number of anilines is 1. The van der Waals surface area contributed by atoms with Crippen LogP contribution in [0.1, 0.15) is 6.92 Å². The second-order valence-electron chi connectivity index (χ2n) is 3.94. The van der Waals surface area contributed by atoms with Crippen molar-refractivity contribution in [2.75, 3.05) is 11.9 Å². The van der Waals surface area contributed by atoms with Gasteiger partial charge in [-0.05, 0) is 43.4 Å². The highest BCUT2D eigenvalue weighted by molar-refractivity contribution is 9.10. The van der Waals surface area contributed by atoms with E-state index in [1.54, 1.807) is 19.1 Å². The third-order valence-electron chi connectivity index (χ3n) is 2.24. The number of carbonyl (C=O) groups excluding carboxylic acids is 1. The molecule has 0 bridgehead atoms. The third-order valence-corrected chi connectivity index (χ3v) is 3.65. The van der Waals surface area contributed by atoms with E-state index >= 15 is 0 Å². The number of ether oxygens (including phenoxy) is 1. The van der Waals surface area contributed by atoms with Gasteiger partial charge in [0.15, 0.2) is 11.3 Å². The second-order valence-corrected chi connectivity index (χ2v) is 7.64. The number of nitrogens with one attached hydrogen (secondary N) is 3. The van der Waals surface area contributed by atoms with Crippen LogP contribution in [0, 0.1) is 0 Å². The van der Waals surface area contributed by atoms with Crippen LogP contribution in [0.15, 0.2) is 28.7 Å². The Kier molecular flexibility index (Phi) is 7.99. The van der Waals surface area contributed by atoms with Gasteiger partial charge in [-0.25, -0.2) is 4.79 Å². The van der Waals surface area contributed by atoms with Gasteiger partial charge in [0.2, 0.25) is 3.79 Å². The molecule has 1 aromatic rings. The van der Waals surface area contributed by atoms with Gasteiger partial charge >= 0.3 is 6.09 Å². The fourth-order valence-electron chi connectivity index (χ4n) is 1.32. The number of carbonyl (C=O) groups is 1. The zero-order valence-corrected chi connectivity index (χ0v) is 16.0. The van der Waals surface area contributed by atoms with Crippen molar-refractivity contribution < 1.29 is 9.53 Å². The zero-order valence-electron chi connectivity index (χ0n) is 11.3. The lowest BCUT2D eigenvalue weighted by atomic mass is 10.3. The number of thiocarbonyl (C=S) groups is 1. The lowest BCUT2D eigenvalue weighted by Crippen LogP contribution is -2.56. The number of amides is 1. The average Bonchev–Trinajstić information content (AvgIpc) is 2.40. The molecule has 0 fully saturated rings. The molecule has 5 nitrogen and oxygen atoms in total. The fraction of sp³-hybridized carbons (Fsp3) is 0.333. The molecular weight excluding hydrogens is 436 g/mol. The minimum Gasteiger partial charge on any atom is -0.450 e. The highest BCUT2D eigenvalue weighted by Gasteiger charge is 2.35. The van der Waals surface area contributed by atoms with Crippen molar-refractivity contribution in [2.24, 2.45) is 0 Å². The molecule has 3 N–H and O–H groups in total. The van der Waals surface area contributed by atoms with Gasteiger partial charge in [0, 0.05) is 10.2 Å². The van der Waals surface area contributed by atoms with Crippen molar-refractivity contribution in [1.82, 2.24) is 10.6 Å². The van der Waals surface area contributed by atoms with Gasteiger partial charge in [0.1, 0.15) is 0 Å². The van der Waals surface area contributed by atoms with Gasteiger partial charge in [0.25, 0.3) is 0 Å². The number of benzene rings is 1. The zero-order chi connectivity index (χ0) is 16.8. The molecule has 0 saturated heterocycles. The molecule has 1 amide bonds. The topological polar surface area (TPSA) is 62.4 Å². The molecule has 1 rings (SSSR count). The summed E-state index contributed by atoms with van der Waals surface area (Å²) in [6.07, 6.45) is -1.79. The normalized spacial score (nSPS) is 12.2. The Bertz CT molecular complexity index is 525. The summed E-state index contributed by atoms with van der Waals surface area (Å²) >= 11 is 25.9. The van der Waals surface area contributed by atoms with Gasteiger partial charge < -0.3 is 15.4 Å². The molecule has 0 unspecified atom stereocenters. The Balaban J connectivity index is 2.66. The van der Waals surface area contributed by atoms with E-state index in [-0.39, 0.29) is 11.7 Å². The highest BCUT2D eigenvalue weighted by atomic mass is 79.9. The molecule has 0 aliphatic carbocycles. The van der Waals surface area contributed by atoms with Crippen molar-refractivity contribution in [3.8, 4) is 0 Å². The van der Waals surface area contributed by atoms with E-state index < -0.39 is 16.1 Å². The third kappa shape index (κ3) is 7.19. The molecule has 0 aliphatic rings. The van der Waals surface area contributed by atoms with Crippen LogP contribution in [0.4, 0.5) is 10.5 Å². The number of alkyl carbamates (subject to hydrolysis) is 1. The predicted molar refractivity (Wildman–Crippen MR) is 97.7 cm³/mol. The number of hydrogen-bond acceptors (Lipinski definition) is 3. The first-order chi connectivity index (χ1) is 10.2. The van der Waals surface area contributed by atoms with Crippen molar-refractivity contribution >= 4 is 79.8 Å². The first kappa shape index (κ1) is 19.6. The van der Waals surface area contributed by atoms with Crippen LogP contribution in [0.3, 0.4) is 0 Å². The molecule has 10 heteroatoms. The SMILES string of the molecule is CCOC(=O)N[C@@H](NC(=S)Nc1ccc(Br)cc1)C(Cl)(Cl)Cl. The molecule has 0 aromatic heterocycles. The summed E-state index contributed by atoms with van der Waals surface area (Å²) in [6.45, 7) is 1.86. The fourth-order valence-corrected chi connectivity index (χ4v) is 2.15. The van der Waals surface area contributed by atoms with Crippen molar-refractivity contribution in [2.45, 2.75) is 16.9 Å².